The average Bonchev–Trinajstić information content (AvgIpc) is 3.45. The van der Waals surface area contributed by atoms with Crippen LogP contribution in [0.5, 0.6) is 0 Å². The van der Waals surface area contributed by atoms with Gasteiger partial charge in [0.2, 0.25) is 0 Å². The van der Waals surface area contributed by atoms with Crippen LogP contribution in [-0.4, -0.2) is 31.5 Å². The van der Waals surface area contributed by atoms with Gasteiger partial charge >= 0.3 is 6.03 Å². The molecule has 134 valence electrons. The third-order valence-corrected chi connectivity index (χ3v) is 4.77. The van der Waals surface area contributed by atoms with Gasteiger partial charge in [0.05, 0.1) is 17.6 Å². The lowest BCUT2D eigenvalue weighted by molar-refractivity contribution is 0.191. The number of benzene rings is 1. The minimum atomic E-state index is -0.0361. The van der Waals surface area contributed by atoms with Gasteiger partial charge in [0, 0.05) is 31.5 Å². The van der Waals surface area contributed by atoms with Gasteiger partial charge in [-0.2, -0.15) is 0 Å². The molecular formula is C20H23N5O. The van der Waals surface area contributed by atoms with Gasteiger partial charge in [-0.1, -0.05) is 18.2 Å². The summed E-state index contributed by atoms with van der Waals surface area (Å²) in [4.78, 5) is 23.5. The minimum Gasteiger partial charge on any atom is -0.331 e. The van der Waals surface area contributed by atoms with Crippen LogP contribution in [0.4, 0.5) is 4.79 Å². The Morgan fingerprint density at radius 1 is 1.27 bits per heavy atom. The van der Waals surface area contributed by atoms with Crippen molar-refractivity contribution in [1.82, 2.24) is 24.8 Å². The lowest BCUT2D eigenvalue weighted by Gasteiger charge is -2.23. The van der Waals surface area contributed by atoms with Crippen LogP contribution in [0, 0.1) is 0 Å². The molecule has 1 fully saturated rings. The first-order valence-electron chi connectivity index (χ1n) is 9.13. The number of aromatic nitrogens is 3. The van der Waals surface area contributed by atoms with Crippen LogP contribution < -0.4 is 5.32 Å². The Labute approximate surface area is 152 Å². The molecule has 2 aromatic heterocycles. The number of fused-ring (bicyclic) bond motifs is 1. The van der Waals surface area contributed by atoms with Gasteiger partial charge in [-0.3, -0.25) is 4.98 Å². The zero-order valence-electron chi connectivity index (χ0n) is 14.9. The van der Waals surface area contributed by atoms with Crippen molar-refractivity contribution in [3.8, 4) is 0 Å². The van der Waals surface area contributed by atoms with Gasteiger partial charge in [0.15, 0.2) is 0 Å². The molecule has 0 atom stereocenters. The van der Waals surface area contributed by atoms with Crippen LogP contribution in [0.1, 0.15) is 31.2 Å². The molecular weight excluding hydrogens is 326 g/mol. The Kier molecular flexibility index (Phi) is 4.56. The monoisotopic (exact) mass is 349 g/mol. The summed E-state index contributed by atoms with van der Waals surface area (Å²) in [6.07, 6.45) is 5.71. The van der Waals surface area contributed by atoms with E-state index in [9.17, 15) is 4.79 Å². The maximum absolute atomic E-state index is 12.8. The van der Waals surface area contributed by atoms with E-state index in [0.717, 1.165) is 41.8 Å². The molecule has 1 saturated carbocycles. The van der Waals surface area contributed by atoms with E-state index in [1.165, 1.54) is 0 Å². The molecule has 0 saturated heterocycles. The third-order valence-electron chi connectivity index (χ3n) is 4.77. The molecule has 1 N–H and O–H groups in total. The molecule has 4 rings (SSSR count). The molecule has 6 nitrogen and oxygen atoms in total. The van der Waals surface area contributed by atoms with E-state index in [4.69, 9.17) is 0 Å². The van der Waals surface area contributed by atoms with Crippen LogP contribution in [0.3, 0.4) is 0 Å². The highest BCUT2D eigenvalue weighted by Gasteiger charge is 2.32. The lowest BCUT2D eigenvalue weighted by Crippen LogP contribution is -2.41. The zero-order valence-corrected chi connectivity index (χ0v) is 14.9. The van der Waals surface area contributed by atoms with Crippen LogP contribution in [0.2, 0.25) is 0 Å². The smallest absolute Gasteiger partial charge is 0.318 e. The van der Waals surface area contributed by atoms with Gasteiger partial charge in [-0.15, -0.1) is 0 Å². The fourth-order valence-electron chi connectivity index (χ4n) is 3.31. The number of carbonyl (C=O) groups is 1. The molecule has 0 radical (unpaired) electrons. The molecule has 0 aliphatic heterocycles. The number of imidazole rings is 1. The van der Waals surface area contributed by atoms with Crippen LogP contribution in [0.15, 0.2) is 48.8 Å². The van der Waals surface area contributed by atoms with Crippen molar-refractivity contribution < 1.29 is 4.79 Å². The first-order valence-corrected chi connectivity index (χ1v) is 9.13. The van der Waals surface area contributed by atoms with E-state index in [2.05, 4.69) is 32.8 Å². The van der Waals surface area contributed by atoms with Gasteiger partial charge < -0.3 is 14.8 Å². The van der Waals surface area contributed by atoms with E-state index >= 15 is 0 Å². The van der Waals surface area contributed by atoms with Gasteiger partial charge in [-0.25, -0.2) is 9.78 Å². The summed E-state index contributed by atoms with van der Waals surface area (Å²) in [5, 5.41) is 3.06. The molecule has 6 heteroatoms. The molecule has 0 spiro atoms. The topological polar surface area (TPSA) is 63.1 Å². The first kappa shape index (κ1) is 16.6. The molecule has 2 amide bonds. The Hall–Kier alpha value is -2.89. The Balaban J connectivity index is 1.47. The number of nitrogens with zero attached hydrogens (tertiary/aromatic N) is 4. The van der Waals surface area contributed by atoms with E-state index in [1.807, 2.05) is 41.4 Å². The molecule has 0 unspecified atom stereocenters. The average molecular weight is 349 g/mol. The van der Waals surface area contributed by atoms with Crippen molar-refractivity contribution in [2.45, 2.75) is 45.4 Å². The quantitative estimate of drug-likeness (QED) is 0.742. The molecule has 0 bridgehead atoms. The maximum atomic E-state index is 12.8. The fourth-order valence-corrected chi connectivity index (χ4v) is 3.31. The number of hydrogen-bond donors (Lipinski definition) is 1. The second kappa shape index (κ2) is 7.15. The molecule has 26 heavy (non-hydrogen) atoms. The van der Waals surface area contributed by atoms with Crippen molar-refractivity contribution in [2.24, 2.45) is 0 Å². The van der Waals surface area contributed by atoms with E-state index in [1.54, 1.807) is 6.20 Å². The third kappa shape index (κ3) is 3.40. The van der Waals surface area contributed by atoms with Gasteiger partial charge in [0.1, 0.15) is 5.82 Å². The van der Waals surface area contributed by atoms with Gasteiger partial charge in [0.25, 0.3) is 0 Å². The molecule has 2 heterocycles. The molecule has 1 aromatic carbocycles. The van der Waals surface area contributed by atoms with Crippen LogP contribution >= 0.6 is 0 Å². The van der Waals surface area contributed by atoms with Crippen molar-refractivity contribution in [1.29, 1.82) is 0 Å². The summed E-state index contributed by atoms with van der Waals surface area (Å²) >= 11 is 0. The summed E-state index contributed by atoms with van der Waals surface area (Å²) in [5.74, 6) is 0.888. The summed E-state index contributed by atoms with van der Waals surface area (Å²) < 4.78 is 2.15. The number of carbonyl (C=O) groups excluding carboxylic acids is 1. The zero-order chi connectivity index (χ0) is 17.9. The number of rotatable bonds is 6. The Bertz CT molecular complexity index is 901. The number of amides is 2. The van der Waals surface area contributed by atoms with Crippen molar-refractivity contribution in [3.05, 3.63) is 60.2 Å². The molecule has 1 aliphatic carbocycles. The van der Waals surface area contributed by atoms with E-state index in [-0.39, 0.29) is 6.03 Å². The standard InChI is InChI=1S/C20H23N5O/c1-2-24-18-8-4-3-7-17(18)23-19(24)13-22-20(26)25(16-9-10-16)14-15-6-5-11-21-12-15/h3-8,11-12,16H,2,9-10,13-14H2,1H3,(H,22,26). The molecule has 1 aliphatic rings. The summed E-state index contributed by atoms with van der Waals surface area (Å²) in [7, 11) is 0. The number of aryl methyl sites for hydroxylation is 1. The van der Waals surface area contributed by atoms with E-state index in [0.29, 0.717) is 19.1 Å². The predicted octanol–water partition coefficient (Wildman–Crippen LogP) is 3.33. The largest absolute Gasteiger partial charge is 0.331 e. The highest BCUT2D eigenvalue weighted by molar-refractivity contribution is 5.77. The molecule has 3 aromatic rings. The number of nitrogens with one attached hydrogen (secondary N) is 1. The van der Waals surface area contributed by atoms with Crippen molar-refractivity contribution >= 4 is 17.1 Å². The fraction of sp³-hybridized carbons (Fsp3) is 0.350. The van der Waals surface area contributed by atoms with Crippen LogP contribution in [-0.2, 0) is 19.6 Å². The van der Waals surface area contributed by atoms with Crippen molar-refractivity contribution in [3.63, 3.8) is 0 Å². The second-order valence-electron chi connectivity index (χ2n) is 6.64. The number of hydrogen-bond acceptors (Lipinski definition) is 3. The number of para-hydroxylation sites is 2. The summed E-state index contributed by atoms with van der Waals surface area (Å²) in [5.41, 5.74) is 3.12. The number of urea groups is 1. The second-order valence-corrected chi connectivity index (χ2v) is 6.64. The lowest BCUT2D eigenvalue weighted by atomic mass is 10.2. The van der Waals surface area contributed by atoms with Crippen LogP contribution in [0.25, 0.3) is 11.0 Å². The number of pyridine rings is 1. The maximum Gasteiger partial charge on any atom is 0.318 e. The first-order chi connectivity index (χ1) is 12.8. The minimum absolute atomic E-state index is 0.0361. The predicted molar refractivity (Wildman–Crippen MR) is 100 cm³/mol. The Morgan fingerprint density at radius 2 is 2.12 bits per heavy atom. The normalized spacial score (nSPS) is 13.7. The van der Waals surface area contributed by atoms with Gasteiger partial charge in [-0.05, 0) is 43.5 Å². The highest BCUT2D eigenvalue weighted by atomic mass is 16.2. The highest BCUT2D eigenvalue weighted by Crippen LogP contribution is 2.28. The Morgan fingerprint density at radius 3 is 2.85 bits per heavy atom. The van der Waals surface area contributed by atoms with Crippen molar-refractivity contribution in [2.75, 3.05) is 0 Å². The van der Waals surface area contributed by atoms with E-state index < -0.39 is 0 Å². The summed E-state index contributed by atoms with van der Waals surface area (Å²) in [6.45, 7) is 3.94. The summed E-state index contributed by atoms with van der Waals surface area (Å²) in [6, 6.07) is 12.3. The SMILES string of the molecule is CCn1c(CNC(=O)N(Cc2cccnc2)C2CC2)nc2ccccc21.